The number of piperazine rings is 1. The van der Waals surface area contributed by atoms with E-state index in [1.807, 2.05) is 13.8 Å². The summed E-state index contributed by atoms with van der Waals surface area (Å²) in [5.41, 5.74) is 5.24. The largest absolute Gasteiger partial charge is 0.396 e. The Kier molecular flexibility index (Phi) is 4.77. The zero-order chi connectivity index (χ0) is 15.8. The van der Waals surface area contributed by atoms with E-state index in [-0.39, 0.29) is 21.6 Å². The van der Waals surface area contributed by atoms with Crippen LogP contribution in [-0.2, 0) is 10.0 Å². The smallest absolute Gasteiger partial charge is 0.244 e. The van der Waals surface area contributed by atoms with Crippen molar-refractivity contribution in [1.82, 2.24) is 9.21 Å². The zero-order valence-corrected chi connectivity index (χ0v) is 13.6. The first-order chi connectivity index (χ1) is 9.77. The predicted octanol–water partition coefficient (Wildman–Crippen LogP) is 1.78. The Hall–Kier alpha value is -0.890. The molecule has 0 amide bonds. The summed E-state index contributed by atoms with van der Waals surface area (Å²) in [5.74, 6) is -0.719. The number of anilines is 1. The summed E-state index contributed by atoms with van der Waals surface area (Å²) < 4.78 is 40.0. The molecule has 1 aromatic rings. The summed E-state index contributed by atoms with van der Waals surface area (Å²) in [6.45, 7) is 6.31. The zero-order valence-electron chi connectivity index (χ0n) is 12.0. The molecule has 1 fully saturated rings. The minimum atomic E-state index is -3.77. The van der Waals surface area contributed by atoms with Gasteiger partial charge < -0.3 is 5.73 Å². The van der Waals surface area contributed by atoms with Crippen LogP contribution < -0.4 is 5.73 Å². The standard InChI is InChI=1S/C13H19ClFN3O2S/c1-3-17-4-5-18(8-9(17)2)21(19,20)13-7-12(16)11(15)6-10(13)14/h6-7,9H,3-5,8,16H2,1-2H3. The second-order valence-electron chi connectivity index (χ2n) is 5.14. The van der Waals surface area contributed by atoms with Gasteiger partial charge >= 0.3 is 0 Å². The van der Waals surface area contributed by atoms with E-state index < -0.39 is 15.8 Å². The van der Waals surface area contributed by atoms with Gasteiger partial charge in [-0.2, -0.15) is 4.31 Å². The van der Waals surface area contributed by atoms with Gasteiger partial charge in [0, 0.05) is 25.7 Å². The Bertz CT molecular complexity index is 639. The van der Waals surface area contributed by atoms with Crippen molar-refractivity contribution in [3.63, 3.8) is 0 Å². The van der Waals surface area contributed by atoms with E-state index in [1.165, 1.54) is 4.31 Å². The summed E-state index contributed by atoms with van der Waals surface area (Å²) in [6.07, 6.45) is 0. The Morgan fingerprint density at radius 3 is 2.67 bits per heavy atom. The SMILES string of the molecule is CCN1CCN(S(=O)(=O)c2cc(N)c(F)cc2Cl)CC1C. The van der Waals surface area contributed by atoms with E-state index in [1.54, 1.807) is 0 Å². The van der Waals surface area contributed by atoms with Gasteiger partial charge in [-0.3, -0.25) is 4.90 Å². The molecule has 0 saturated carbocycles. The van der Waals surface area contributed by atoms with Gasteiger partial charge in [0.1, 0.15) is 10.7 Å². The highest BCUT2D eigenvalue weighted by molar-refractivity contribution is 7.89. The average Bonchev–Trinajstić information content (AvgIpc) is 2.42. The first-order valence-corrected chi connectivity index (χ1v) is 8.58. The molecule has 0 aliphatic carbocycles. The maximum absolute atomic E-state index is 13.3. The summed E-state index contributed by atoms with van der Waals surface area (Å²) >= 11 is 5.89. The van der Waals surface area contributed by atoms with Gasteiger partial charge in [0.05, 0.1) is 10.7 Å². The van der Waals surface area contributed by atoms with Gasteiger partial charge in [0.15, 0.2) is 0 Å². The van der Waals surface area contributed by atoms with E-state index in [0.717, 1.165) is 18.7 Å². The van der Waals surface area contributed by atoms with Crippen LogP contribution in [0.15, 0.2) is 17.0 Å². The van der Waals surface area contributed by atoms with E-state index in [9.17, 15) is 12.8 Å². The minimum Gasteiger partial charge on any atom is -0.396 e. The predicted molar refractivity (Wildman–Crippen MR) is 81.3 cm³/mol. The fraction of sp³-hybridized carbons (Fsp3) is 0.538. The van der Waals surface area contributed by atoms with E-state index >= 15 is 0 Å². The number of halogens is 2. The number of nitrogens with two attached hydrogens (primary N) is 1. The number of benzene rings is 1. The van der Waals surface area contributed by atoms with Gasteiger partial charge in [-0.05, 0) is 25.6 Å². The average molecular weight is 336 g/mol. The second-order valence-corrected chi connectivity index (χ2v) is 7.46. The van der Waals surface area contributed by atoms with Crippen LogP contribution >= 0.6 is 11.6 Å². The lowest BCUT2D eigenvalue weighted by atomic mass is 10.2. The maximum atomic E-state index is 13.3. The molecule has 0 bridgehead atoms. The summed E-state index contributed by atoms with van der Waals surface area (Å²) in [4.78, 5) is 2.06. The maximum Gasteiger partial charge on any atom is 0.244 e. The molecule has 1 aliphatic rings. The Morgan fingerprint density at radius 2 is 2.10 bits per heavy atom. The van der Waals surface area contributed by atoms with Gasteiger partial charge in [-0.25, -0.2) is 12.8 Å². The van der Waals surface area contributed by atoms with Crippen LogP contribution in [0.3, 0.4) is 0 Å². The molecule has 0 spiro atoms. The first-order valence-electron chi connectivity index (χ1n) is 6.76. The molecule has 8 heteroatoms. The normalized spacial score (nSPS) is 21.6. The summed E-state index contributed by atoms with van der Waals surface area (Å²) in [7, 11) is -3.77. The second kappa shape index (κ2) is 6.08. The van der Waals surface area contributed by atoms with Crippen LogP contribution in [0.25, 0.3) is 0 Å². The van der Waals surface area contributed by atoms with Gasteiger partial charge in [0.25, 0.3) is 0 Å². The Labute approximate surface area is 129 Å². The molecule has 2 rings (SSSR count). The van der Waals surface area contributed by atoms with Crippen LogP contribution in [0.1, 0.15) is 13.8 Å². The number of sulfonamides is 1. The van der Waals surface area contributed by atoms with Gasteiger partial charge in [-0.15, -0.1) is 0 Å². The van der Waals surface area contributed by atoms with Gasteiger partial charge in [-0.1, -0.05) is 18.5 Å². The van der Waals surface area contributed by atoms with Crippen molar-refractivity contribution in [2.24, 2.45) is 0 Å². The number of nitrogens with zero attached hydrogens (tertiary/aromatic N) is 2. The number of hydrogen-bond donors (Lipinski definition) is 1. The van der Waals surface area contributed by atoms with Crippen molar-refractivity contribution < 1.29 is 12.8 Å². The van der Waals surface area contributed by atoms with Crippen molar-refractivity contribution in [3.8, 4) is 0 Å². The third-order valence-electron chi connectivity index (χ3n) is 3.80. The number of nitrogen functional groups attached to an aromatic ring is 1. The fourth-order valence-electron chi connectivity index (χ4n) is 2.53. The van der Waals surface area contributed by atoms with Crippen LogP contribution in [0.2, 0.25) is 5.02 Å². The lowest BCUT2D eigenvalue weighted by Gasteiger charge is -2.38. The molecule has 1 heterocycles. The molecule has 118 valence electrons. The molecule has 1 atom stereocenters. The third-order valence-corrected chi connectivity index (χ3v) is 6.13. The Morgan fingerprint density at radius 1 is 1.43 bits per heavy atom. The highest BCUT2D eigenvalue weighted by atomic mass is 35.5. The number of likely N-dealkylation sites (N-methyl/N-ethyl adjacent to an activating group) is 1. The molecule has 1 aromatic carbocycles. The molecule has 1 aliphatic heterocycles. The molecule has 1 unspecified atom stereocenters. The highest BCUT2D eigenvalue weighted by Gasteiger charge is 2.33. The molecule has 0 aromatic heterocycles. The fourth-order valence-corrected chi connectivity index (χ4v) is 4.57. The molecule has 21 heavy (non-hydrogen) atoms. The first kappa shape index (κ1) is 16.5. The molecule has 1 saturated heterocycles. The molecule has 5 nitrogen and oxygen atoms in total. The third kappa shape index (κ3) is 3.15. The lowest BCUT2D eigenvalue weighted by Crippen LogP contribution is -2.53. The van der Waals surface area contributed by atoms with Crippen molar-refractivity contribution in [3.05, 3.63) is 23.0 Å². The van der Waals surface area contributed by atoms with Crippen molar-refractivity contribution in [2.45, 2.75) is 24.8 Å². The van der Waals surface area contributed by atoms with Gasteiger partial charge in [0.2, 0.25) is 10.0 Å². The Balaban J connectivity index is 2.33. The summed E-state index contributed by atoms with van der Waals surface area (Å²) in [6, 6.07) is 2.15. The van der Waals surface area contributed by atoms with Crippen molar-refractivity contribution >= 4 is 27.3 Å². The number of rotatable bonds is 3. The highest BCUT2D eigenvalue weighted by Crippen LogP contribution is 2.29. The summed E-state index contributed by atoms with van der Waals surface area (Å²) in [5, 5.41) is -0.146. The van der Waals surface area contributed by atoms with E-state index in [2.05, 4.69) is 4.90 Å². The van der Waals surface area contributed by atoms with E-state index in [0.29, 0.717) is 19.6 Å². The quantitative estimate of drug-likeness (QED) is 0.855. The molecular formula is C13H19ClFN3O2S. The van der Waals surface area contributed by atoms with Crippen molar-refractivity contribution in [2.75, 3.05) is 31.9 Å². The van der Waals surface area contributed by atoms with Crippen LogP contribution in [0, 0.1) is 5.82 Å². The topological polar surface area (TPSA) is 66.6 Å². The van der Waals surface area contributed by atoms with Crippen molar-refractivity contribution in [1.29, 1.82) is 0 Å². The van der Waals surface area contributed by atoms with Crippen LogP contribution in [0.4, 0.5) is 10.1 Å². The monoisotopic (exact) mass is 335 g/mol. The van der Waals surface area contributed by atoms with Crippen LogP contribution in [-0.4, -0.2) is 49.8 Å². The van der Waals surface area contributed by atoms with E-state index in [4.69, 9.17) is 17.3 Å². The number of hydrogen-bond acceptors (Lipinski definition) is 4. The molecular weight excluding hydrogens is 317 g/mol. The lowest BCUT2D eigenvalue weighted by molar-refractivity contribution is 0.135. The minimum absolute atomic E-state index is 0.120. The molecule has 0 radical (unpaired) electrons. The molecule has 2 N–H and O–H groups in total. The van der Waals surface area contributed by atoms with Crippen LogP contribution in [0.5, 0.6) is 0 Å².